The summed E-state index contributed by atoms with van der Waals surface area (Å²) in [7, 11) is 0. The van der Waals surface area contributed by atoms with Crippen LogP contribution in [0.15, 0.2) is 0 Å². The second kappa shape index (κ2) is 11.1. The van der Waals surface area contributed by atoms with Crippen LogP contribution in [0.4, 0.5) is 0 Å². The molecule has 18 heavy (non-hydrogen) atoms. The number of carboxylic acids is 1. The number of hydrogen-bond acceptors (Lipinski definition) is 2. The maximum absolute atomic E-state index is 11.3. The van der Waals surface area contributed by atoms with E-state index < -0.39 is 5.97 Å². The Labute approximate surface area is 110 Å². The fraction of sp³-hybridized carbons (Fsp3) is 0.857. The molecule has 0 spiro atoms. The lowest BCUT2D eigenvalue weighted by Gasteiger charge is -2.06. The van der Waals surface area contributed by atoms with E-state index in [1.165, 1.54) is 19.3 Å². The third-order valence-electron chi connectivity index (χ3n) is 2.82. The van der Waals surface area contributed by atoms with E-state index in [1.807, 2.05) is 0 Å². The lowest BCUT2D eigenvalue weighted by atomic mass is 10.0. The molecular weight excluding hydrogens is 230 g/mol. The van der Waals surface area contributed by atoms with E-state index in [-0.39, 0.29) is 12.3 Å². The smallest absolute Gasteiger partial charge is 0.303 e. The van der Waals surface area contributed by atoms with Crippen LogP contribution in [0.3, 0.4) is 0 Å². The quantitative estimate of drug-likeness (QED) is 0.559. The fourth-order valence-corrected chi connectivity index (χ4v) is 1.75. The molecule has 0 aromatic carbocycles. The number of amides is 1. The Morgan fingerprint density at radius 1 is 1.00 bits per heavy atom. The van der Waals surface area contributed by atoms with Gasteiger partial charge in [0.1, 0.15) is 0 Å². The van der Waals surface area contributed by atoms with Gasteiger partial charge in [0.15, 0.2) is 0 Å². The lowest BCUT2D eigenvalue weighted by molar-refractivity contribution is -0.137. The average Bonchev–Trinajstić information content (AvgIpc) is 2.26. The van der Waals surface area contributed by atoms with Crippen LogP contribution in [0.1, 0.15) is 65.2 Å². The molecule has 0 rings (SSSR count). The van der Waals surface area contributed by atoms with Crippen molar-refractivity contribution in [3.8, 4) is 0 Å². The number of aliphatic carboxylic acids is 1. The number of carbonyl (C=O) groups excluding carboxylic acids is 1. The first kappa shape index (κ1) is 16.9. The molecule has 0 aliphatic rings. The van der Waals surface area contributed by atoms with Crippen LogP contribution in [0.2, 0.25) is 0 Å². The summed E-state index contributed by atoms with van der Waals surface area (Å²) in [6.45, 7) is 5.18. The van der Waals surface area contributed by atoms with Gasteiger partial charge in [-0.25, -0.2) is 0 Å². The molecule has 0 saturated carbocycles. The third-order valence-corrected chi connectivity index (χ3v) is 2.82. The van der Waals surface area contributed by atoms with Crippen LogP contribution in [0, 0.1) is 5.92 Å². The van der Waals surface area contributed by atoms with Gasteiger partial charge in [-0.2, -0.15) is 0 Å². The molecular formula is C14H27NO3. The van der Waals surface area contributed by atoms with E-state index in [2.05, 4.69) is 19.2 Å². The highest BCUT2D eigenvalue weighted by molar-refractivity contribution is 5.76. The van der Waals surface area contributed by atoms with Crippen molar-refractivity contribution in [1.82, 2.24) is 5.32 Å². The molecule has 0 atom stereocenters. The van der Waals surface area contributed by atoms with Gasteiger partial charge in [-0.1, -0.05) is 39.5 Å². The lowest BCUT2D eigenvalue weighted by Crippen LogP contribution is -2.24. The van der Waals surface area contributed by atoms with Gasteiger partial charge in [-0.3, -0.25) is 9.59 Å². The molecule has 0 radical (unpaired) electrons. The van der Waals surface area contributed by atoms with Crippen molar-refractivity contribution in [2.75, 3.05) is 6.54 Å². The minimum absolute atomic E-state index is 0.0292. The highest BCUT2D eigenvalue weighted by Crippen LogP contribution is 2.08. The Morgan fingerprint density at radius 3 is 2.28 bits per heavy atom. The van der Waals surface area contributed by atoms with Crippen molar-refractivity contribution in [3.63, 3.8) is 0 Å². The molecule has 106 valence electrons. The number of carbonyl (C=O) groups is 2. The zero-order chi connectivity index (χ0) is 13.8. The van der Waals surface area contributed by atoms with Crippen molar-refractivity contribution in [2.45, 2.75) is 65.2 Å². The molecule has 0 saturated heterocycles. The van der Waals surface area contributed by atoms with Crippen LogP contribution in [-0.2, 0) is 9.59 Å². The van der Waals surface area contributed by atoms with Crippen LogP contribution in [-0.4, -0.2) is 23.5 Å². The highest BCUT2D eigenvalue weighted by atomic mass is 16.4. The molecule has 0 aromatic heterocycles. The van der Waals surface area contributed by atoms with Crippen molar-refractivity contribution < 1.29 is 14.7 Å². The first-order chi connectivity index (χ1) is 8.52. The summed E-state index contributed by atoms with van der Waals surface area (Å²) in [5.41, 5.74) is 0. The summed E-state index contributed by atoms with van der Waals surface area (Å²) in [5, 5.41) is 11.3. The Kier molecular flexibility index (Phi) is 10.4. The van der Waals surface area contributed by atoms with Gasteiger partial charge in [-0.05, 0) is 18.8 Å². The molecule has 0 unspecified atom stereocenters. The van der Waals surface area contributed by atoms with E-state index in [0.29, 0.717) is 19.4 Å². The van der Waals surface area contributed by atoms with Crippen LogP contribution >= 0.6 is 0 Å². The topological polar surface area (TPSA) is 66.4 Å². The predicted octanol–water partition coefficient (Wildman–Crippen LogP) is 2.96. The molecule has 0 fully saturated rings. The summed E-state index contributed by atoms with van der Waals surface area (Å²) in [4.78, 5) is 21.6. The van der Waals surface area contributed by atoms with Gasteiger partial charge in [0.25, 0.3) is 0 Å². The molecule has 4 nitrogen and oxygen atoms in total. The normalized spacial score (nSPS) is 10.6. The molecule has 0 aliphatic heterocycles. The summed E-state index contributed by atoms with van der Waals surface area (Å²) < 4.78 is 0. The Hall–Kier alpha value is -1.06. The maximum Gasteiger partial charge on any atom is 0.303 e. The molecule has 0 bridgehead atoms. The number of carboxylic acid groups (broad SMARTS) is 1. The second-order valence-electron chi connectivity index (χ2n) is 5.19. The second-order valence-corrected chi connectivity index (χ2v) is 5.19. The Bertz CT molecular complexity index is 239. The third kappa shape index (κ3) is 13.0. The van der Waals surface area contributed by atoms with E-state index in [1.54, 1.807) is 0 Å². The molecule has 0 aliphatic carbocycles. The van der Waals surface area contributed by atoms with E-state index in [4.69, 9.17) is 5.11 Å². The minimum atomic E-state index is -0.840. The Morgan fingerprint density at radius 2 is 1.67 bits per heavy atom. The average molecular weight is 257 g/mol. The molecule has 1 amide bonds. The standard InChI is InChI=1S/C14H27NO3/c1-12(2)8-5-3-4-6-11-15-13(16)9-7-10-14(17)18/h12H,3-11H2,1-2H3,(H,15,16)(H,17,18). The van der Waals surface area contributed by atoms with Gasteiger partial charge in [0.05, 0.1) is 0 Å². The summed E-state index contributed by atoms with van der Waals surface area (Å²) in [6, 6.07) is 0. The van der Waals surface area contributed by atoms with Gasteiger partial charge in [-0.15, -0.1) is 0 Å². The van der Waals surface area contributed by atoms with E-state index in [9.17, 15) is 9.59 Å². The summed E-state index contributed by atoms with van der Waals surface area (Å²) in [5.74, 6) is -0.0923. The minimum Gasteiger partial charge on any atom is -0.481 e. The van der Waals surface area contributed by atoms with Crippen molar-refractivity contribution >= 4 is 11.9 Å². The van der Waals surface area contributed by atoms with Gasteiger partial charge in [0.2, 0.25) is 5.91 Å². The zero-order valence-electron chi connectivity index (χ0n) is 11.7. The molecule has 2 N–H and O–H groups in total. The largest absolute Gasteiger partial charge is 0.481 e. The van der Waals surface area contributed by atoms with E-state index >= 15 is 0 Å². The molecule has 4 heteroatoms. The highest BCUT2D eigenvalue weighted by Gasteiger charge is 2.03. The number of unbranched alkanes of at least 4 members (excludes halogenated alkanes) is 3. The van der Waals surface area contributed by atoms with Crippen molar-refractivity contribution in [3.05, 3.63) is 0 Å². The zero-order valence-corrected chi connectivity index (χ0v) is 11.7. The monoisotopic (exact) mass is 257 g/mol. The van der Waals surface area contributed by atoms with Crippen LogP contribution < -0.4 is 5.32 Å². The van der Waals surface area contributed by atoms with Crippen molar-refractivity contribution in [2.24, 2.45) is 5.92 Å². The van der Waals surface area contributed by atoms with Crippen LogP contribution in [0.25, 0.3) is 0 Å². The number of rotatable bonds is 11. The first-order valence-corrected chi connectivity index (χ1v) is 7.01. The molecule has 0 heterocycles. The van der Waals surface area contributed by atoms with E-state index in [0.717, 1.165) is 18.8 Å². The molecule has 0 aromatic rings. The number of nitrogens with one attached hydrogen (secondary N) is 1. The summed E-state index contributed by atoms with van der Waals surface area (Å²) in [6.07, 6.45) is 6.77. The van der Waals surface area contributed by atoms with Crippen LogP contribution in [0.5, 0.6) is 0 Å². The summed E-state index contributed by atoms with van der Waals surface area (Å²) >= 11 is 0. The van der Waals surface area contributed by atoms with Gasteiger partial charge >= 0.3 is 5.97 Å². The number of hydrogen-bond donors (Lipinski definition) is 2. The maximum atomic E-state index is 11.3. The van der Waals surface area contributed by atoms with Crippen molar-refractivity contribution in [1.29, 1.82) is 0 Å². The fourth-order valence-electron chi connectivity index (χ4n) is 1.75. The SMILES string of the molecule is CC(C)CCCCCCNC(=O)CCCC(=O)O. The predicted molar refractivity (Wildman–Crippen MR) is 72.4 cm³/mol. The first-order valence-electron chi connectivity index (χ1n) is 7.01. The Balaban J connectivity index is 3.22. The van der Waals surface area contributed by atoms with Gasteiger partial charge < -0.3 is 10.4 Å². The van der Waals surface area contributed by atoms with Gasteiger partial charge in [0, 0.05) is 19.4 Å².